The normalized spacial score (nSPS) is 17.5. The Balaban J connectivity index is 1.69. The molecule has 0 radical (unpaired) electrons. The summed E-state index contributed by atoms with van der Waals surface area (Å²) in [5, 5.41) is 3.66. The fraction of sp³-hybridized carbons (Fsp3) is 0.529. The molecule has 1 aliphatic carbocycles. The molecule has 1 aliphatic rings. The molecule has 22 heavy (non-hydrogen) atoms. The molecule has 3 rings (SSSR count). The second-order valence-corrected chi connectivity index (χ2v) is 7.51. The molecular weight excluding hydrogens is 294 g/mol. The van der Waals surface area contributed by atoms with Gasteiger partial charge in [-0.2, -0.15) is 0 Å². The number of aromatic nitrogens is 1. The van der Waals surface area contributed by atoms with Gasteiger partial charge < -0.3 is 11.1 Å². The number of nitrogens with one attached hydrogen (secondary N) is 1. The highest BCUT2D eigenvalue weighted by Crippen LogP contribution is 2.38. The number of fused-ring (bicyclic) bond motifs is 1. The van der Waals surface area contributed by atoms with E-state index in [0.717, 1.165) is 23.1 Å². The molecule has 118 valence electrons. The number of rotatable bonds is 4. The number of nitrogens with two attached hydrogens (primary N) is 1. The van der Waals surface area contributed by atoms with Crippen molar-refractivity contribution in [1.82, 2.24) is 4.98 Å². The van der Waals surface area contributed by atoms with Gasteiger partial charge in [0.05, 0.1) is 10.2 Å². The number of benzene rings is 1. The Morgan fingerprint density at radius 3 is 2.86 bits per heavy atom. The van der Waals surface area contributed by atoms with Crippen molar-refractivity contribution in [1.29, 1.82) is 0 Å². The maximum Gasteiger partial charge on any atom is 0.226 e. The van der Waals surface area contributed by atoms with Crippen LogP contribution >= 0.6 is 11.3 Å². The number of carbonyl (C=O) groups excluding carboxylic acids is 1. The van der Waals surface area contributed by atoms with Crippen LogP contribution in [0.25, 0.3) is 10.2 Å². The van der Waals surface area contributed by atoms with E-state index in [1.165, 1.54) is 36.2 Å². The van der Waals surface area contributed by atoms with Crippen molar-refractivity contribution in [2.24, 2.45) is 11.1 Å². The second kappa shape index (κ2) is 6.34. The quantitative estimate of drug-likeness (QED) is 0.900. The molecule has 0 atom stereocenters. The number of carbonyl (C=O) groups is 1. The summed E-state index contributed by atoms with van der Waals surface area (Å²) in [5.41, 5.74) is 8.11. The number of anilines is 1. The molecule has 1 aromatic carbocycles. The summed E-state index contributed by atoms with van der Waals surface area (Å²) in [4.78, 5) is 16.9. The van der Waals surface area contributed by atoms with Crippen molar-refractivity contribution < 1.29 is 4.79 Å². The van der Waals surface area contributed by atoms with E-state index in [1.807, 2.05) is 12.1 Å². The smallest absolute Gasteiger partial charge is 0.226 e. The second-order valence-electron chi connectivity index (χ2n) is 6.48. The topological polar surface area (TPSA) is 68.0 Å². The largest absolute Gasteiger partial charge is 0.330 e. The Bertz CT molecular complexity index is 674. The van der Waals surface area contributed by atoms with Gasteiger partial charge in [-0.25, -0.2) is 4.98 Å². The van der Waals surface area contributed by atoms with E-state index in [-0.39, 0.29) is 11.3 Å². The minimum Gasteiger partial charge on any atom is -0.330 e. The summed E-state index contributed by atoms with van der Waals surface area (Å²) in [7, 11) is 0. The monoisotopic (exact) mass is 317 g/mol. The molecule has 2 aromatic rings. The molecule has 1 amide bonds. The third kappa shape index (κ3) is 3.31. The summed E-state index contributed by atoms with van der Waals surface area (Å²) in [6.45, 7) is 2.66. The van der Waals surface area contributed by atoms with Crippen LogP contribution in [-0.2, 0) is 4.79 Å². The summed E-state index contributed by atoms with van der Waals surface area (Å²) < 4.78 is 1.11. The van der Waals surface area contributed by atoms with Crippen LogP contribution in [0.4, 0.5) is 5.13 Å². The van der Waals surface area contributed by atoms with E-state index in [0.29, 0.717) is 18.1 Å². The van der Waals surface area contributed by atoms with E-state index >= 15 is 0 Å². The molecule has 0 saturated heterocycles. The van der Waals surface area contributed by atoms with Gasteiger partial charge >= 0.3 is 0 Å². The summed E-state index contributed by atoms with van der Waals surface area (Å²) >= 11 is 1.53. The Morgan fingerprint density at radius 1 is 1.36 bits per heavy atom. The Labute approximate surface area is 135 Å². The van der Waals surface area contributed by atoms with Gasteiger partial charge in [0.25, 0.3) is 0 Å². The van der Waals surface area contributed by atoms with Crippen LogP contribution < -0.4 is 11.1 Å². The Hall–Kier alpha value is -1.46. The van der Waals surface area contributed by atoms with E-state index < -0.39 is 0 Å². The fourth-order valence-corrected chi connectivity index (χ4v) is 4.32. The van der Waals surface area contributed by atoms with E-state index in [2.05, 4.69) is 23.3 Å². The minimum atomic E-state index is -0.00436. The van der Waals surface area contributed by atoms with Crippen molar-refractivity contribution >= 4 is 32.6 Å². The molecule has 0 spiro atoms. The zero-order chi connectivity index (χ0) is 15.6. The first-order valence-corrected chi connectivity index (χ1v) is 8.79. The van der Waals surface area contributed by atoms with Crippen molar-refractivity contribution in [3.63, 3.8) is 0 Å². The lowest BCUT2D eigenvalue weighted by Crippen LogP contribution is -2.36. The molecule has 5 heteroatoms. The lowest BCUT2D eigenvalue weighted by Gasteiger charge is -2.35. The van der Waals surface area contributed by atoms with Gasteiger partial charge in [0, 0.05) is 6.42 Å². The SMILES string of the molecule is Cc1ccc2nc(NC(=O)CC3(CN)CCCCC3)sc2c1. The average Bonchev–Trinajstić information content (AvgIpc) is 2.89. The van der Waals surface area contributed by atoms with Crippen LogP contribution in [0, 0.1) is 12.3 Å². The lowest BCUT2D eigenvalue weighted by molar-refractivity contribution is -0.118. The van der Waals surface area contributed by atoms with Gasteiger partial charge in [0.2, 0.25) is 5.91 Å². The van der Waals surface area contributed by atoms with Crippen molar-refractivity contribution in [3.05, 3.63) is 23.8 Å². The lowest BCUT2D eigenvalue weighted by atomic mass is 9.72. The molecule has 1 saturated carbocycles. The molecule has 1 aromatic heterocycles. The van der Waals surface area contributed by atoms with Crippen LogP contribution in [0.5, 0.6) is 0 Å². The maximum atomic E-state index is 12.4. The van der Waals surface area contributed by atoms with Gasteiger partial charge in [-0.05, 0) is 49.4 Å². The number of nitrogens with zero attached hydrogens (tertiary/aromatic N) is 1. The van der Waals surface area contributed by atoms with Crippen LogP contribution in [0.3, 0.4) is 0 Å². The highest BCUT2D eigenvalue weighted by Gasteiger charge is 2.33. The molecule has 3 N–H and O–H groups in total. The van der Waals surface area contributed by atoms with Crippen molar-refractivity contribution in [2.75, 3.05) is 11.9 Å². The van der Waals surface area contributed by atoms with Crippen LogP contribution in [0.2, 0.25) is 0 Å². The highest BCUT2D eigenvalue weighted by atomic mass is 32.1. The number of hydrogen-bond donors (Lipinski definition) is 2. The standard InChI is InChI=1S/C17H23N3OS/c1-12-5-6-13-14(9-12)22-16(19-13)20-15(21)10-17(11-18)7-3-2-4-8-17/h5-6,9H,2-4,7-8,10-11,18H2,1H3,(H,19,20,21). The number of hydrogen-bond acceptors (Lipinski definition) is 4. The first-order valence-electron chi connectivity index (χ1n) is 7.97. The third-order valence-corrected chi connectivity index (χ3v) is 5.61. The predicted octanol–water partition coefficient (Wildman–Crippen LogP) is 3.84. The van der Waals surface area contributed by atoms with Crippen molar-refractivity contribution in [2.45, 2.75) is 45.4 Å². The average molecular weight is 317 g/mol. The molecule has 0 bridgehead atoms. The first kappa shape index (κ1) is 15.4. The molecule has 4 nitrogen and oxygen atoms in total. The van der Waals surface area contributed by atoms with Crippen LogP contribution in [0.15, 0.2) is 18.2 Å². The molecule has 0 unspecified atom stereocenters. The summed E-state index contributed by atoms with van der Waals surface area (Å²) in [5.74, 6) is 0.0446. The van der Waals surface area contributed by atoms with Crippen molar-refractivity contribution in [3.8, 4) is 0 Å². The zero-order valence-electron chi connectivity index (χ0n) is 13.0. The van der Waals surface area contributed by atoms with Gasteiger partial charge in [0.1, 0.15) is 0 Å². The van der Waals surface area contributed by atoms with E-state index in [1.54, 1.807) is 0 Å². The first-order chi connectivity index (χ1) is 10.6. The van der Waals surface area contributed by atoms with E-state index in [4.69, 9.17) is 5.73 Å². The van der Waals surface area contributed by atoms with Gasteiger partial charge in [-0.15, -0.1) is 0 Å². The Kier molecular flexibility index (Phi) is 4.45. The zero-order valence-corrected chi connectivity index (χ0v) is 13.8. The molecule has 1 fully saturated rings. The maximum absolute atomic E-state index is 12.4. The Morgan fingerprint density at radius 2 is 2.14 bits per heavy atom. The van der Waals surface area contributed by atoms with Gasteiger partial charge in [-0.3, -0.25) is 4.79 Å². The van der Waals surface area contributed by atoms with E-state index in [9.17, 15) is 4.79 Å². The third-order valence-electron chi connectivity index (χ3n) is 4.67. The van der Waals surface area contributed by atoms with Crippen LogP contribution in [-0.4, -0.2) is 17.4 Å². The summed E-state index contributed by atoms with van der Waals surface area (Å²) in [6, 6.07) is 6.14. The minimum absolute atomic E-state index is 0.00436. The van der Waals surface area contributed by atoms with Gasteiger partial charge in [0.15, 0.2) is 5.13 Å². The highest BCUT2D eigenvalue weighted by molar-refractivity contribution is 7.22. The van der Waals surface area contributed by atoms with Gasteiger partial charge in [-0.1, -0.05) is 36.7 Å². The fourth-order valence-electron chi connectivity index (χ4n) is 3.34. The molecule has 1 heterocycles. The number of aryl methyl sites for hydroxylation is 1. The molecular formula is C17H23N3OS. The van der Waals surface area contributed by atoms with Crippen LogP contribution in [0.1, 0.15) is 44.1 Å². The molecule has 0 aliphatic heterocycles. The number of thiazole rings is 1. The summed E-state index contributed by atoms with van der Waals surface area (Å²) in [6.07, 6.45) is 6.28. The number of amides is 1. The predicted molar refractivity (Wildman–Crippen MR) is 92.2 cm³/mol.